The molecule has 0 atom stereocenters. The van der Waals surface area contributed by atoms with Gasteiger partial charge in [0.1, 0.15) is 11.5 Å². The number of aromatic hydroxyl groups is 1. The second-order valence-corrected chi connectivity index (χ2v) is 5.18. The quantitative estimate of drug-likeness (QED) is 0.743. The van der Waals surface area contributed by atoms with Gasteiger partial charge in [-0.1, -0.05) is 12.1 Å². The molecule has 0 heterocycles. The van der Waals surface area contributed by atoms with Crippen LogP contribution in [0.5, 0.6) is 11.5 Å². The van der Waals surface area contributed by atoms with E-state index in [1.165, 1.54) is 19.2 Å². The molecule has 0 spiro atoms. The number of hydrogen-bond acceptors (Lipinski definition) is 6. The largest absolute Gasteiger partial charge is 0.507 e. The molecule has 3 rings (SSSR count). The highest BCUT2D eigenvalue weighted by atomic mass is 16.5. The first-order chi connectivity index (χ1) is 11.5. The minimum absolute atomic E-state index is 0.0144. The molecule has 0 aliphatic heterocycles. The molecular formula is C18H14O6. The van der Waals surface area contributed by atoms with Gasteiger partial charge in [-0.3, -0.25) is 9.59 Å². The Morgan fingerprint density at radius 3 is 2.50 bits per heavy atom. The van der Waals surface area contributed by atoms with E-state index in [1.54, 1.807) is 19.1 Å². The Kier molecular flexibility index (Phi) is 3.81. The molecule has 1 N–H and O–H groups in total. The van der Waals surface area contributed by atoms with Crippen LogP contribution in [0, 0.1) is 0 Å². The number of phenolic OH excluding ortho intramolecular Hbond substituents is 1. The van der Waals surface area contributed by atoms with Crippen LogP contribution in [0.1, 0.15) is 49.1 Å². The van der Waals surface area contributed by atoms with Crippen LogP contribution in [0.25, 0.3) is 0 Å². The van der Waals surface area contributed by atoms with Crippen LogP contribution >= 0.6 is 0 Å². The average Bonchev–Trinajstić information content (AvgIpc) is 2.58. The molecule has 2 aromatic carbocycles. The van der Waals surface area contributed by atoms with Crippen molar-refractivity contribution in [3.8, 4) is 11.5 Å². The number of phenols is 1. The van der Waals surface area contributed by atoms with Gasteiger partial charge in [0, 0.05) is 11.1 Å². The Bertz CT molecular complexity index is 881. The summed E-state index contributed by atoms with van der Waals surface area (Å²) < 4.78 is 10.0. The van der Waals surface area contributed by atoms with Gasteiger partial charge in [0.05, 0.1) is 30.4 Å². The summed E-state index contributed by atoms with van der Waals surface area (Å²) in [6.07, 6.45) is 0. The molecule has 6 heteroatoms. The van der Waals surface area contributed by atoms with Gasteiger partial charge in [0.25, 0.3) is 0 Å². The Labute approximate surface area is 137 Å². The first kappa shape index (κ1) is 15.7. The van der Waals surface area contributed by atoms with E-state index in [-0.39, 0.29) is 40.2 Å². The fraction of sp³-hybridized carbons (Fsp3) is 0.167. The third-order valence-corrected chi connectivity index (χ3v) is 3.82. The predicted molar refractivity (Wildman–Crippen MR) is 83.9 cm³/mol. The third-order valence-electron chi connectivity index (χ3n) is 3.82. The molecule has 1 aliphatic carbocycles. The van der Waals surface area contributed by atoms with Crippen LogP contribution in [-0.2, 0) is 4.74 Å². The van der Waals surface area contributed by atoms with Crippen molar-refractivity contribution in [3.63, 3.8) is 0 Å². The molecule has 24 heavy (non-hydrogen) atoms. The normalized spacial score (nSPS) is 12.4. The highest BCUT2D eigenvalue weighted by Gasteiger charge is 2.35. The van der Waals surface area contributed by atoms with Crippen molar-refractivity contribution in [2.24, 2.45) is 0 Å². The molecule has 0 bridgehead atoms. The fourth-order valence-corrected chi connectivity index (χ4v) is 2.77. The first-order valence-corrected chi connectivity index (χ1v) is 7.30. The summed E-state index contributed by atoms with van der Waals surface area (Å²) in [5, 5.41) is 10.2. The number of methoxy groups -OCH3 is 1. The minimum Gasteiger partial charge on any atom is -0.507 e. The number of esters is 1. The van der Waals surface area contributed by atoms with E-state index in [2.05, 4.69) is 0 Å². The number of fused-ring (bicyclic) bond motifs is 2. The van der Waals surface area contributed by atoms with E-state index < -0.39 is 23.3 Å². The van der Waals surface area contributed by atoms with Gasteiger partial charge in [0.2, 0.25) is 5.78 Å². The molecular weight excluding hydrogens is 312 g/mol. The fourth-order valence-electron chi connectivity index (χ4n) is 2.77. The standard InChI is InChI=1S/C18H14O6/c1-3-24-18(22)9-7-11-14(12(19)8-9)17(21)15-10(16(11)20)5-4-6-13(15)23-2/h4-8,19H,3H2,1-2H3. The molecule has 122 valence electrons. The lowest BCUT2D eigenvalue weighted by Crippen LogP contribution is -2.22. The SMILES string of the molecule is CCOC(=O)c1cc(O)c2c(c1)C(=O)c1cccc(OC)c1C2=O. The summed E-state index contributed by atoms with van der Waals surface area (Å²) in [5.74, 6) is -1.84. The monoisotopic (exact) mass is 326 g/mol. The van der Waals surface area contributed by atoms with Crippen LogP contribution in [0.4, 0.5) is 0 Å². The highest BCUT2D eigenvalue weighted by molar-refractivity contribution is 6.30. The van der Waals surface area contributed by atoms with Gasteiger partial charge in [0.15, 0.2) is 5.78 Å². The molecule has 0 aromatic heterocycles. The number of hydrogen-bond donors (Lipinski definition) is 1. The second-order valence-electron chi connectivity index (χ2n) is 5.18. The van der Waals surface area contributed by atoms with Crippen molar-refractivity contribution in [3.05, 3.63) is 58.1 Å². The summed E-state index contributed by atoms with van der Waals surface area (Å²) in [6, 6.07) is 7.08. The van der Waals surface area contributed by atoms with Gasteiger partial charge >= 0.3 is 5.97 Å². The first-order valence-electron chi connectivity index (χ1n) is 7.30. The zero-order chi connectivity index (χ0) is 17.4. The summed E-state index contributed by atoms with van der Waals surface area (Å²) >= 11 is 0. The molecule has 0 radical (unpaired) electrons. The number of carbonyl (C=O) groups is 3. The molecule has 0 amide bonds. The molecule has 0 unspecified atom stereocenters. The minimum atomic E-state index is -0.674. The number of benzene rings is 2. The van der Waals surface area contributed by atoms with E-state index >= 15 is 0 Å². The van der Waals surface area contributed by atoms with Crippen molar-refractivity contribution in [2.45, 2.75) is 6.92 Å². The van der Waals surface area contributed by atoms with Crippen LogP contribution in [0.3, 0.4) is 0 Å². The van der Waals surface area contributed by atoms with Gasteiger partial charge in [-0.15, -0.1) is 0 Å². The molecule has 0 saturated carbocycles. The van der Waals surface area contributed by atoms with Crippen molar-refractivity contribution in [1.82, 2.24) is 0 Å². The van der Waals surface area contributed by atoms with Gasteiger partial charge in [-0.05, 0) is 25.1 Å². The topological polar surface area (TPSA) is 89.9 Å². The molecule has 2 aromatic rings. The van der Waals surface area contributed by atoms with E-state index in [1.807, 2.05) is 0 Å². The Morgan fingerprint density at radius 1 is 1.08 bits per heavy atom. The summed E-state index contributed by atoms with van der Waals surface area (Å²) in [5.41, 5.74) is 0.137. The lowest BCUT2D eigenvalue weighted by molar-refractivity contribution is 0.0525. The number of ketones is 2. The van der Waals surface area contributed by atoms with Crippen molar-refractivity contribution >= 4 is 17.5 Å². The van der Waals surface area contributed by atoms with E-state index in [0.29, 0.717) is 0 Å². The Balaban J connectivity index is 2.23. The van der Waals surface area contributed by atoms with Crippen LogP contribution in [-0.4, -0.2) is 36.4 Å². The molecule has 1 aliphatic rings. The van der Waals surface area contributed by atoms with Crippen LogP contribution < -0.4 is 4.74 Å². The summed E-state index contributed by atoms with van der Waals surface area (Å²) in [4.78, 5) is 37.4. The highest BCUT2D eigenvalue weighted by Crippen LogP contribution is 2.37. The third kappa shape index (κ3) is 2.23. The van der Waals surface area contributed by atoms with Crippen molar-refractivity contribution in [1.29, 1.82) is 0 Å². The van der Waals surface area contributed by atoms with Crippen molar-refractivity contribution in [2.75, 3.05) is 13.7 Å². The van der Waals surface area contributed by atoms with Gasteiger partial charge in [-0.2, -0.15) is 0 Å². The zero-order valence-corrected chi connectivity index (χ0v) is 13.1. The lowest BCUT2D eigenvalue weighted by Gasteiger charge is -2.20. The van der Waals surface area contributed by atoms with Crippen molar-refractivity contribution < 1.29 is 29.0 Å². The summed E-state index contributed by atoms with van der Waals surface area (Å²) in [6.45, 7) is 1.80. The van der Waals surface area contributed by atoms with Gasteiger partial charge in [-0.25, -0.2) is 4.79 Å². The second kappa shape index (κ2) is 5.81. The number of rotatable bonds is 3. The molecule has 6 nitrogen and oxygen atoms in total. The summed E-state index contributed by atoms with van der Waals surface area (Å²) in [7, 11) is 1.40. The van der Waals surface area contributed by atoms with Crippen LogP contribution in [0.15, 0.2) is 30.3 Å². The van der Waals surface area contributed by atoms with Gasteiger partial charge < -0.3 is 14.6 Å². The maximum absolute atomic E-state index is 12.8. The molecule has 0 fully saturated rings. The lowest BCUT2D eigenvalue weighted by atomic mass is 9.82. The smallest absolute Gasteiger partial charge is 0.338 e. The van der Waals surface area contributed by atoms with E-state index in [0.717, 1.165) is 6.07 Å². The predicted octanol–water partition coefficient (Wildman–Crippen LogP) is 2.35. The zero-order valence-electron chi connectivity index (χ0n) is 13.1. The van der Waals surface area contributed by atoms with Crippen LogP contribution in [0.2, 0.25) is 0 Å². The Hall–Kier alpha value is -3.15. The molecule has 0 saturated heterocycles. The average molecular weight is 326 g/mol. The van der Waals surface area contributed by atoms with E-state index in [4.69, 9.17) is 9.47 Å². The number of carbonyl (C=O) groups excluding carboxylic acids is 3. The maximum Gasteiger partial charge on any atom is 0.338 e. The Morgan fingerprint density at radius 2 is 1.83 bits per heavy atom. The number of ether oxygens (including phenoxy) is 2. The maximum atomic E-state index is 12.8. The van der Waals surface area contributed by atoms with E-state index in [9.17, 15) is 19.5 Å².